The van der Waals surface area contributed by atoms with Crippen LogP contribution in [0.25, 0.3) is 27.6 Å². The molecule has 0 radical (unpaired) electrons. The van der Waals surface area contributed by atoms with Gasteiger partial charge in [0.25, 0.3) is 0 Å². The lowest BCUT2D eigenvalue weighted by atomic mass is 9.91. The molecule has 3 heteroatoms. The SMILES string of the molecule is O=C1C(=O)c2cc3cc4ccccc4cc3cc2C=C1Br. The van der Waals surface area contributed by atoms with Crippen LogP contribution in [0.3, 0.4) is 0 Å². The van der Waals surface area contributed by atoms with Crippen LogP contribution in [-0.4, -0.2) is 11.6 Å². The average molecular weight is 337 g/mol. The summed E-state index contributed by atoms with van der Waals surface area (Å²) < 4.78 is 0.320. The first-order chi connectivity index (χ1) is 10.1. The van der Waals surface area contributed by atoms with E-state index in [9.17, 15) is 9.59 Å². The van der Waals surface area contributed by atoms with E-state index in [1.165, 1.54) is 0 Å². The summed E-state index contributed by atoms with van der Waals surface area (Å²) in [7, 11) is 0. The van der Waals surface area contributed by atoms with E-state index in [1.54, 1.807) is 6.08 Å². The fourth-order valence-corrected chi connectivity index (χ4v) is 3.19. The second kappa shape index (κ2) is 4.37. The molecule has 0 amide bonds. The predicted octanol–water partition coefficient (Wildman–Crippen LogP) is 4.49. The third kappa shape index (κ3) is 1.85. The smallest absolute Gasteiger partial charge is 0.240 e. The Balaban J connectivity index is 2.09. The largest absolute Gasteiger partial charge is 0.285 e. The quantitative estimate of drug-likeness (QED) is 0.447. The summed E-state index contributed by atoms with van der Waals surface area (Å²) in [6, 6.07) is 16.0. The lowest BCUT2D eigenvalue weighted by molar-refractivity contribution is -0.111. The van der Waals surface area contributed by atoms with Crippen LogP contribution in [0.15, 0.2) is 53.0 Å². The normalized spacial score (nSPS) is 14.4. The van der Waals surface area contributed by atoms with Crippen molar-refractivity contribution in [3.63, 3.8) is 0 Å². The average Bonchev–Trinajstić information content (AvgIpc) is 2.49. The topological polar surface area (TPSA) is 34.1 Å². The molecular formula is C18H9BrO2. The van der Waals surface area contributed by atoms with Gasteiger partial charge in [-0.1, -0.05) is 24.3 Å². The molecule has 2 nitrogen and oxygen atoms in total. The van der Waals surface area contributed by atoms with Crippen molar-refractivity contribution in [3.8, 4) is 0 Å². The van der Waals surface area contributed by atoms with Crippen LogP contribution in [0, 0.1) is 0 Å². The van der Waals surface area contributed by atoms with E-state index >= 15 is 0 Å². The van der Waals surface area contributed by atoms with Crippen LogP contribution in [-0.2, 0) is 4.79 Å². The number of allylic oxidation sites excluding steroid dienone is 1. The van der Waals surface area contributed by atoms with E-state index in [2.05, 4.69) is 34.1 Å². The van der Waals surface area contributed by atoms with Gasteiger partial charge >= 0.3 is 0 Å². The van der Waals surface area contributed by atoms with Crippen molar-refractivity contribution in [3.05, 3.63) is 64.1 Å². The molecule has 21 heavy (non-hydrogen) atoms. The van der Waals surface area contributed by atoms with Crippen molar-refractivity contribution in [2.75, 3.05) is 0 Å². The molecule has 0 spiro atoms. The first-order valence-electron chi connectivity index (χ1n) is 6.56. The minimum absolute atomic E-state index is 0.320. The van der Waals surface area contributed by atoms with Crippen LogP contribution in [0.2, 0.25) is 0 Å². The summed E-state index contributed by atoms with van der Waals surface area (Å²) in [5.41, 5.74) is 1.26. The third-order valence-corrected chi connectivity index (χ3v) is 4.41. The van der Waals surface area contributed by atoms with Gasteiger partial charge in [0.2, 0.25) is 11.6 Å². The van der Waals surface area contributed by atoms with Gasteiger partial charge in [-0.25, -0.2) is 0 Å². The first-order valence-corrected chi connectivity index (χ1v) is 7.35. The molecule has 0 heterocycles. The Hall–Kier alpha value is -2.26. The number of benzene rings is 3. The molecule has 100 valence electrons. The molecule has 0 saturated carbocycles. The van der Waals surface area contributed by atoms with Crippen LogP contribution in [0.5, 0.6) is 0 Å². The molecule has 1 aliphatic carbocycles. The molecule has 0 atom stereocenters. The highest BCUT2D eigenvalue weighted by Gasteiger charge is 2.26. The Morgan fingerprint density at radius 1 is 0.714 bits per heavy atom. The minimum Gasteiger partial charge on any atom is -0.285 e. The van der Waals surface area contributed by atoms with E-state index in [0.29, 0.717) is 10.0 Å². The Kier molecular flexibility index (Phi) is 2.59. The maximum atomic E-state index is 12.1. The zero-order valence-electron chi connectivity index (χ0n) is 10.9. The Labute approximate surface area is 129 Å². The summed E-state index contributed by atoms with van der Waals surface area (Å²) in [6.45, 7) is 0. The molecule has 0 fully saturated rings. The highest BCUT2D eigenvalue weighted by Crippen LogP contribution is 2.31. The van der Waals surface area contributed by atoms with Gasteiger partial charge in [-0.3, -0.25) is 9.59 Å². The van der Waals surface area contributed by atoms with Crippen molar-refractivity contribution < 1.29 is 9.59 Å². The van der Waals surface area contributed by atoms with E-state index in [1.807, 2.05) is 30.3 Å². The van der Waals surface area contributed by atoms with Gasteiger partial charge in [0.05, 0.1) is 4.48 Å². The maximum Gasteiger partial charge on any atom is 0.240 e. The third-order valence-electron chi connectivity index (χ3n) is 3.82. The van der Waals surface area contributed by atoms with E-state index in [4.69, 9.17) is 0 Å². The molecule has 0 aliphatic heterocycles. The van der Waals surface area contributed by atoms with E-state index < -0.39 is 11.6 Å². The van der Waals surface area contributed by atoms with Crippen molar-refractivity contribution in [1.29, 1.82) is 0 Å². The Morgan fingerprint density at radius 2 is 1.33 bits per heavy atom. The Bertz CT molecular complexity index is 983. The number of carbonyl (C=O) groups excluding carboxylic acids is 2. The summed E-state index contributed by atoms with van der Waals surface area (Å²) in [4.78, 5) is 23.9. The van der Waals surface area contributed by atoms with E-state index in [0.717, 1.165) is 27.1 Å². The molecular weight excluding hydrogens is 328 g/mol. The summed E-state index contributed by atoms with van der Waals surface area (Å²) in [5, 5.41) is 4.31. The number of halogens is 1. The van der Waals surface area contributed by atoms with Gasteiger partial charge in [-0.15, -0.1) is 0 Å². The van der Waals surface area contributed by atoms with Crippen LogP contribution >= 0.6 is 15.9 Å². The van der Waals surface area contributed by atoms with Crippen LogP contribution in [0.4, 0.5) is 0 Å². The second-order valence-electron chi connectivity index (χ2n) is 5.14. The summed E-state index contributed by atoms with van der Waals surface area (Å²) in [6.07, 6.45) is 1.72. The van der Waals surface area contributed by atoms with Gasteiger partial charge in [-0.05, 0) is 73.4 Å². The number of hydrogen-bond donors (Lipinski definition) is 0. The molecule has 0 aromatic heterocycles. The van der Waals surface area contributed by atoms with Crippen molar-refractivity contribution in [2.24, 2.45) is 0 Å². The summed E-state index contributed by atoms with van der Waals surface area (Å²) in [5.74, 6) is -0.933. The highest BCUT2D eigenvalue weighted by molar-refractivity contribution is 9.12. The molecule has 0 unspecified atom stereocenters. The predicted molar refractivity (Wildman–Crippen MR) is 87.7 cm³/mol. The molecule has 3 aromatic rings. The lowest BCUT2D eigenvalue weighted by Gasteiger charge is -2.13. The fourth-order valence-electron chi connectivity index (χ4n) is 2.76. The molecule has 1 aliphatic rings. The molecule has 0 saturated heterocycles. The zero-order valence-corrected chi connectivity index (χ0v) is 12.5. The number of ketones is 2. The summed E-state index contributed by atoms with van der Waals surface area (Å²) >= 11 is 3.16. The number of fused-ring (bicyclic) bond motifs is 3. The van der Waals surface area contributed by atoms with Gasteiger partial charge in [0.15, 0.2) is 0 Å². The number of rotatable bonds is 0. The van der Waals surface area contributed by atoms with Crippen molar-refractivity contribution >= 4 is 55.1 Å². The molecule has 0 N–H and O–H groups in total. The standard InChI is InChI=1S/C18H9BrO2/c19-16-9-14-7-12-5-10-3-1-2-4-11(10)6-13(12)8-15(14)17(20)18(16)21/h1-9H. The van der Waals surface area contributed by atoms with Gasteiger partial charge < -0.3 is 0 Å². The lowest BCUT2D eigenvalue weighted by Crippen LogP contribution is -2.18. The maximum absolute atomic E-state index is 12.1. The van der Waals surface area contributed by atoms with Gasteiger partial charge in [0, 0.05) is 5.56 Å². The zero-order chi connectivity index (χ0) is 14.6. The minimum atomic E-state index is -0.484. The van der Waals surface area contributed by atoms with Crippen LogP contribution in [0.1, 0.15) is 15.9 Å². The second-order valence-corrected chi connectivity index (χ2v) is 5.99. The highest BCUT2D eigenvalue weighted by atomic mass is 79.9. The molecule has 0 bridgehead atoms. The van der Waals surface area contributed by atoms with Gasteiger partial charge in [0.1, 0.15) is 0 Å². The number of hydrogen-bond acceptors (Lipinski definition) is 2. The van der Waals surface area contributed by atoms with E-state index in [-0.39, 0.29) is 0 Å². The van der Waals surface area contributed by atoms with Crippen molar-refractivity contribution in [2.45, 2.75) is 0 Å². The Morgan fingerprint density at radius 3 is 2.00 bits per heavy atom. The number of carbonyl (C=O) groups is 2. The number of Topliss-reactive ketones (excluding diaryl/α,β-unsaturated/α-hetero) is 2. The molecule has 3 aromatic carbocycles. The van der Waals surface area contributed by atoms with Crippen molar-refractivity contribution in [1.82, 2.24) is 0 Å². The van der Waals surface area contributed by atoms with Crippen LogP contribution < -0.4 is 0 Å². The fraction of sp³-hybridized carbons (Fsp3) is 0. The molecule has 4 rings (SSSR count). The monoisotopic (exact) mass is 336 g/mol. The van der Waals surface area contributed by atoms with Gasteiger partial charge in [-0.2, -0.15) is 0 Å². The first kappa shape index (κ1) is 12.5.